The molecule has 0 N–H and O–H groups in total. The zero-order chi connectivity index (χ0) is 19.9. The average Bonchev–Trinajstić information content (AvgIpc) is 2.63. The highest BCUT2D eigenvalue weighted by atomic mass is 31.2. The average molecular weight is 392 g/mol. The molecular weight excluding hydrogens is 367 g/mol. The van der Waals surface area contributed by atoms with Crippen molar-refractivity contribution in [1.29, 1.82) is 0 Å². The number of carbonyl (C=O) groups is 1. The van der Waals surface area contributed by atoms with Crippen molar-refractivity contribution >= 4 is 13.6 Å². The standard InChI is InChI=1S/C19H25N2O5P/c1-5-24-19(22)17(27(23,25-6-2)26-7-3)15-11-8-10-14(4)16(15)18-20-12-9-13-21-18/h8-13,17H,5-7H2,1-4H3. The van der Waals surface area contributed by atoms with Crippen molar-refractivity contribution in [2.45, 2.75) is 33.4 Å². The second-order valence-corrected chi connectivity index (χ2v) is 7.75. The summed E-state index contributed by atoms with van der Waals surface area (Å²) in [7, 11) is -3.83. The van der Waals surface area contributed by atoms with E-state index >= 15 is 0 Å². The molecular formula is C19H25N2O5P. The molecule has 0 aliphatic carbocycles. The van der Waals surface area contributed by atoms with Gasteiger partial charge in [0.1, 0.15) is 0 Å². The highest BCUT2D eigenvalue weighted by Gasteiger charge is 2.45. The Labute approximate surface area is 159 Å². The lowest BCUT2D eigenvalue weighted by Crippen LogP contribution is -2.20. The van der Waals surface area contributed by atoms with Gasteiger partial charge in [0.15, 0.2) is 11.5 Å². The van der Waals surface area contributed by atoms with Gasteiger partial charge in [-0.3, -0.25) is 9.36 Å². The summed E-state index contributed by atoms with van der Waals surface area (Å²) < 4.78 is 29.7. The van der Waals surface area contributed by atoms with Crippen molar-refractivity contribution in [1.82, 2.24) is 9.97 Å². The van der Waals surface area contributed by atoms with E-state index in [0.29, 0.717) is 17.0 Å². The minimum atomic E-state index is -3.83. The molecule has 7 nitrogen and oxygen atoms in total. The fourth-order valence-electron chi connectivity index (χ4n) is 2.85. The lowest BCUT2D eigenvalue weighted by molar-refractivity contribution is -0.143. The Kier molecular flexibility index (Phi) is 7.66. The van der Waals surface area contributed by atoms with E-state index in [2.05, 4.69) is 9.97 Å². The predicted octanol–water partition coefficient (Wildman–Crippen LogP) is 4.32. The summed E-state index contributed by atoms with van der Waals surface area (Å²) in [6.07, 6.45) is 3.23. The van der Waals surface area contributed by atoms with Crippen LogP contribution < -0.4 is 0 Å². The molecule has 0 saturated carbocycles. The van der Waals surface area contributed by atoms with Gasteiger partial charge < -0.3 is 13.8 Å². The number of nitrogens with zero attached hydrogens (tertiary/aromatic N) is 2. The van der Waals surface area contributed by atoms with Crippen molar-refractivity contribution in [3.63, 3.8) is 0 Å². The molecule has 1 atom stereocenters. The van der Waals surface area contributed by atoms with Gasteiger partial charge in [0.05, 0.1) is 19.8 Å². The molecule has 1 unspecified atom stereocenters. The van der Waals surface area contributed by atoms with Crippen LogP contribution in [-0.4, -0.2) is 35.8 Å². The Hall–Kier alpha value is -2.08. The zero-order valence-electron chi connectivity index (χ0n) is 16.0. The molecule has 0 aliphatic heterocycles. The molecule has 0 amide bonds. The normalized spacial score (nSPS) is 12.6. The topological polar surface area (TPSA) is 87.6 Å². The largest absolute Gasteiger partial charge is 0.465 e. The lowest BCUT2D eigenvalue weighted by atomic mass is 9.98. The summed E-state index contributed by atoms with van der Waals surface area (Å²) >= 11 is 0. The summed E-state index contributed by atoms with van der Waals surface area (Å²) in [6.45, 7) is 7.39. The van der Waals surface area contributed by atoms with Gasteiger partial charge in [0.2, 0.25) is 0 Å². The second kappa shape index (κ2) is 9.74. The number of benzene rings is 1. The number of aryl methyl sites for hydroxylation is 1. The molecule has 1 aromatic carbocycles. The predicted molar refractivity (Wildman–Crippen MR) is 102 cm³/mol. The number of hydrogen-bond acceptors (Lipinski definition) is 7. The van der Waals surface area contributed by atoms with Crippen LogP contribution >= 0.6 is 7.60 Å². The number of hydrogen-bond donors (Lipinski definition) is 0. The Morgan fingerprint density at radius 1 is 1.04 bits per heavy atom. The molecule has 27 heavy (non-hydrogen) atoms. The molecule has 0 bridgehead atoms. The van der Waals surface area contributed by atoms with Gasteiger partial charge >= 0.3 is 13.6 Å². The van der Waals surface area contributed by atoms with E-state index in [1.165, 1.54) is 0 Å². The van der Waals surface area contributed by atoms with Gasteiger partial charge in [0, 0.05) is 18.0 Å². The maximum Gasteiger partial charge on any atom is 0.349 e. The summed E-state index contributed by atoms with van der Waals surface area (Å²) in [4.78, 5) is 21.4. The van der Waals surface area contributed by atoms with E-state index in [0.717, 1.165) is 5.56 Å². The van der Waals surface area contributed by atoms with Crippen molar-refractivity contribution < 1.29 is 23.1 Å². The fourth-order valence-corrected chi connectivity index (χ4v) is 4.83. The third kappa shape index (κ3) is 4.80. The van der Waals surface area contributed by atoms with Crippen LogP contribution in [0.25, 0.3) is 11.4 Å². The van der Waals surface area contributed by atoms with Crippen LogP contribution in [0.1, 0.15) is 37.6 Å². The lowest BCUT2D eigenvalue weighted by Gasteiger charge is -2.27. The Balaban J connectivity index is 2.72. The molecule has 2 rings (SSSR count). The first-order valence-electron chi connectivity index (χ1n) is 8.90. The second-order valence-electron chi connectivity index (χ2n) is 5.64. The SMILES string of the molecule is CCOC(=O)C(c1cccc(C)c1-c1ncccn1)P(=O)(OCC)OCC. The number of ether oxygens (including phenoxy) is 1. The van der Waals surface area contributed by atoms with E-state index in [1.54, 1.807) is 51.4 Å². The third-order valence-electron chi connectivity index (χ3n) is 3.83. The highest BCUT2D eigenvalue weighted by molar-refractivity contribution is 7.55. The van der Waals surface area contributed by atoms with Gasteiger partial charge in [-0.15, -0.1) is 0 Å². The van der Waals surface area contributed by atoms with E-state index in [4.69, 9.17) is 13.8 Å². The molecule has 1 aromatic heterocycles. The van der Waals surface area contributed by atoms with E-state index in [9.17, 15) is 9.36 Å². The van der Waals surface area contributed by atoms with Gasteiger partial charge in [-0.05, 0) is 44.9 Å². The van der Waals surface area contributed by atoms with Crippen LogP contribution in [-0.2, 0) is 23.1 Å². The monoisotopic (exact) mass is 392 g/mol. The van der Waals surface area contributed by atoms with E-state index in [1.807, 2.05) is 13.0 Å². The number of rotatable bonds is 9. The first kappa shape index (κ1) is 21.2. The summed E-state index contributed by atoms with van der Waals surface area (Å²) in [5.74, 6) is -0.232. The maximum atomic E-state index is 13.5. The molecule has 0 spiro atoms. The van der Waals surface area contributed by atoms with Gasteiger partial charge in [-0.1, -0.05) is 18.2 Å². The van der Waals surface area contributed by atoms with Crippen LogP contribution in [0.5, 0.6) is 0 Å². The van der Waals surface area contributed by atoms with E-state index in [-0.39, 0.29) is 19.8 Å². The van der Waals surface area contributed by atoms with Crippen molar-refractivity contribution in [3.8, 4) is 11.4 Å². The van der Waals surface area contributed by atoms with Gasteiger partial charge in [-0.2, -0.15) is 0 Å². The number of aromatic nitrogens is 2. The Morgan fingerprint density at radius 2 is 1.67 bits per heavy atom. The molecule has 146 valence electrons. The third-order valence-corrected chi connectivity index (χ3v) is 6.19. The number of esters is 1. The van der Waals surface area contributed by atoms with Gasteiger partial charge in [-0.25, -0.2) is 9.97 Å². The smallest absolute Gasteiger partial charge is 0.349 e. The first-order valence-corrected chi connectivity index (χ1v) is 10.5. The molecule has 0 fully saturated rings. The highest BCUT2D eigenvalue weighted by Crippen LogP contribution is 2.62. The van der Waals surface area contributed by atoms with Crippen molar-refractivity contribution in [2.24, 2.45) is 0 Å². The molecule has 2 aromatic rings. The Bertz CT molecular complexity index is 803. The zero-order valence-corrected chi connectivity index (χ0v) is 16.9. The Morgan fingerprint density at radius 3 is 2.22 bits per heavy atom. The molecule has 0 saturated heterocycles. The molecule has 0 aliphatic rings. The van der Waals surface area contributed by atoms with Crippen LogP contribution in [0.2, 0.25) is 0 Å². The van der Waals surface area contributed by atoms with Crippen LogP contribution in [0.15, 0.2) is 36.7 Å². The first-order chi connectivity index (χ1) is 13.0. The minimum Gasteiger partial charge on any atom is -0.465 e. The van der Waals surface area contributed by atoms with E-state index < -0.39 is 19.2 Å². The van der Waals surface area contributed by atoms with Crippen molar-refractivity contribution in [2.75, 3.05) is 19.8 Å². The molecule has 8 heteroatoms. The van der Waals surface area contributed by atoms with Gasteiger partial charge in [0.25, 0.3) is 0 Å². The molecule has 1 heterocycles. The van der Waals surface area contributed by atoms with Crippen LogP contribution in [0, 0.1) is 6.92 Å². The summed E-state index contributed by atoms with van der Waals surface area (Å²) in [5.41, 5.74) is 0.698. The van der Waals surface area contributed by atoms with Crippen LogP contribution in [0.3, 0.4) is 0 Å². The minimum absolute atomic E-state index is 0.135. The number of carbonyl (C=O) groups excluding carboxylic acids is 1. The quantitative estimate of drug-likeness (QED) is 0.464. The maximum absolute atomic E-state index is 13.5. The summed E-state index contributed by atoms with van der Waals surface area (Å²) in [6, 6.07) is 7.08. The summed E-state index contributed by atoms with van der Waals surface area (Å²) in [5, 5.41) is 0. The molecule has 0 radical (unpaired) electrons. The van der Waals surface area contributed by atoms with Crippen LogP contribution in [0.4, 0.5) is 0 Å². The fraction of sp³-hybridized carbons (Fsp3) is 0.421. The van der Waals surface area contributed by atoms with Crippen molar-refractivity contribution in [3.05, 3.63) is 47.8 Å².